The number of unbranched alkanes of at least 4 members (excludes halogenated alkanes) is 12. The van der Waals surface area contributed by atoms with Crippen molar-refractivity contribution >= 4 is 11.9 Å². The third-order valence-corrected chi connectivity index (χ3v) is 5.27. The van der Waals surface area contributed by atoms with Crippen LogP contribution in [-0.2, 0) is 14.3 Å². The number of carboxylic acids is 1. The van der Waals surface area contributed by atoms with Crippen molar-refractivity contribution in [2.45, 2.75) is 123 Å². The zero-order valence-electron chi connectivity index (χ0n) is 19.1. The molecule has 0 radical (unpaired) electrons. The van der Waals surface area contributed by atoms with E-state index >= 15 is 0 Å². The molecule has 1 atom stereocenters. The molecule has 0 aliphatic carbocycles. The largest absolute Gasteiger partial charge is 0.481 e. The zero-order chi connectivity index (χ0) is 21.6. The molecule has 1 unspecified atom stereocenters. The van der Waals surface area contributed by atoms with Crippen LogP contribution in [0.5, 0.6) is 0 Å². The molecule has 0 fully saturated rings. The van der Waals surface area contributed by atoms with Crippen LogP contribution in [0.15, 0.2) is 12.2 Å². The van der Waals surface area contributed by atoms with Crippen LogP contribution >= 0.6 is 0 Å². The van der Waals surface area contributed by atoms with E-state index in [-0.39, 0.29) is 12.4 Å². The number of carbonyl (C=O) groups excluding carboxylic acids is 1. The molecule has 0 aliphatic heterocycles. The van der Waals surface area contributed by atoms with Crippen LogP contribution in [0.4, 0.5) is 0 Å². The van der Waals surface area contributed by atoms with Gasteiger partial charge in [-0.15, -0.1) is 0 Å². The van der Waals surface area contributed by atoms with E-state index in [1.807, 2.05) is 6.92 Å². The van der Waals surface area contributed by atoms with Crippen LogP contribution in [0, 0.1) is 5.92 Å². The van der Waals surface area contributed by atoms with Gasteiger partial charge in [0.1, 0.15) is 0 Å². The van der Waals surface area contributed by atoms with Gasteiger partial charge in [0.15, 0.2) is 0 Å². The van der Waals surface area contributed by atoms with E-state index < -0.39 is 11.9 Å². The zero-order valence-corrected chi connectivity index (χ0v) is 19.1. The monoisotopic (exact) mass is 410 g/mol. The van der Waals surface area contributed by atoms with Crippen molar-refractivity contribution in [2.24, 2.45) is 5.92 Å². The van der Waals surface area contributed by atoms with Gasteiger partial charge in [-0.25, -0.2) is 0 Å². The lowest BCUT2D eigenvalue weighted by Gasteiger charge is -2.11. The molecule has 0 aromatic carbocycles. The highest BCUT2D eigenvalue weighted by Gasteiger charge is 2.21. The van der Waals surface area contributed by atoms with E-state index in [2.05, 4.69) is 19.1 Å². The molecule has 170 valence electrons. The van der Waals surface area contributed by atoms with Gasteiger partial charge in [0.2, 0.25) is 0 Å². The second-order valence-corrected chi connectivity index (χ2v) is 8.19. The summed E-state index contributed by atoms with van der Waals surface area (Å²) >= 11 is 0. The fraction of sp³-hybridized carbons (Fsp3) is 0.840. The lowest BCUT2D eigenvalue weighted by atomic mass is 9.97. The molecule has 4 heteroatoms. The molecule has 0 heterocycles. The molecule has 0 amide bonds. The highest BCUT2D eigenvalue weighted by atomic mass is 16.5. The Morgan fingerprint density at radius 2 is 1.28 bits per heavy atom. The maximum Gasteiger partial charge on any atom is 0.307 e. The van der Waals surface area contributed by atoms with Crippen molar-refractivity contribution in [1.82, 2.24) is 0 Å². The molecule has 29 heavy (non-hydrogen) atoms. The van der Waals surface area contributed by atoms with Crippen molar-refractivity contribution in [3.05, 3.63) is 12.2 Å². The van der Waals surface area contributed by atoms with E-state index in [1.165, 1.54) is 70.6 Å². The fourth-order valence-electron chi connectivity index (χ4n) is 3.44. The molecule has 0 aliphatic rings. The SMILES string of the molecule is CCC/C=C/CCCCCCCCCCCCCC(CC(=O)OCCC)C(=O)O. The van der Waals surface area contributed by atoms with Gasteiger partial charge in [-0.2, -0.15) is 0 Å². The normalized spacial score (nSPS) is 12.3. The minimum Gasteiger partial charge on any atom is -0.481 e. The topological polar surface area (TPSA) is 63.6 Å². The summed E-state index contributed by atoms with van der Waals surface area (Å²) in [6.45, 7) is 4.52. The van der Waals surface area contributed by atoms with Crippen molar-refractivity contribution in [2.75, 3.05) is 6.61 Å². The maximum absolute atomic E-state index is 11.6. The van der Waals surface area contributed by atoms with E-state index in [0.717, 1.165) is 25.7 Å². The standard InChI is InChI=1S/C25H46O4/c1-3-5-6-7-8-9-10-11-12-13-14-15-16-17-18-19-20-23(25(27)28)22-24(26)29-21-4-2/h6-7,23H,3-5,8-22H2,1-2H3,(H,27,28)/b7-6+. The van der Waals surface area contributed by atoms with Gasteiger partial charge in [-0.3, -0.25) is 9.59 Å². The second kappa shape index (κ2) is 21.4. The number of aliphatic carboxylic acids is 1. The summed E-state index contributed by atoms with van der Waals surface area (Å²) < 4.78 is 5.00. The Labute approximate surface area is 179 Å². The Morgan fingerprint density at radius 1 is 0.759 bits per heavy atom. The third-order valence-electron chi connectivity index (χ3n) is 5.27. The van der Waals surface area contributed by atoms with Crippen LogP contribution in [0.2, 0.25) is 0 Å². The van der Waals surface area contributed by atoms with Crippen LogP contribution in [0.1, 0.15) is 123 Å². The van der Waals surface area contributed by atoms with Gasteiger partial charge in [0.05, 0.1) is 18.9 Å². The smallest absolute Gasteiger partial charge is 0.307 e. The van der Waals surface area contributed by atoms with Crippen molar-refractivity contribution in [1.29, 1.82) is 0 Å². The predicted molar refractivity (Wildman–Crippen MR) is 121 cm³/mol. The molecule has 0 rings (SSSR count). The number of ether oxygens (including phenoxy) is 1. The van der Waals surface area contributed by atoms with Crippen LogP contribution in [-0.4, -0.2) is 23.7 Å². The fourth-order valence-corrected chi connectivity index (χ4v) is 3.44. The first-order valence-electron chi connectivity index (χ1n) is 12.1. The first-order chi connectivity index (χ1) is 14.1. The first-order valence-corrected chi connectivity index (χ1v) is 12.1. The first kappa shape index (κ1) is 27.7. The highest BCUT2D eigenvalue weighted by Crippen LogP contribution is 2.17. The Kier molecular flexibility index (Phi) is 20.4. The Balaban J connectivity index is 3.46. The Hall–Kier alpha value is -1.32. The van der Waals surface area contributed by atoms with Gasteiger partial charge in [-0.05, 0) is 32.1 Å². The third kappa shape index (κ3) is 19.8. The minimum atomic E-state index is -0.879. The number of carbonyl (C=O) groups is 2. The quantitative estimate of drug-likeness (QED) is 0.121. The molecular weight excluding hydrogens is 364 g/mol. The molecule has 4 nitrogen and oxygen atoms in total. The summed E-state index contributed by atoms with van der Waals surface area (Å²) in [7, 11) is 0. The van der Waals surface area contributed by atoms with E-state index in [1.54, 1.807) is 0 Å². The average molecular weight is 411 g/mol. The summed E-state index contributed by atoms with van der Waals surface area (Å²) in [4.78, 5) is 22.9. The van der Waals surface area contributed by atoms with Gasteiger partial charge in [0, 0.05) is 0 Å². The summed E-state index contributed by atoms with van der Waals surface area (Å²) in [6.07, 6.45) is 23.4. The van der Waals surface area contributed by atoms with Gasteiger partial charge in [0.25, 0.3) is 0 Å². The molecule has 0 aromatic heterocycles. The molecule has 0 saturated heterocycles. The lowest BCUT2D eigenvalue weighted by molar-refractivity contribution is -0.151. The van der Waals surface area contributed by atoms with Gasteiger partial charge in [-0.1, -0.05) is 96.6 Å². The second-order valence-electron chi connectivity index (χ2n) is 8.19. The molecule has 1 N–H and O–H groups in total. The number of hydrogen-bond donors (Lipinski definition) is 1. The summed E-state index contributed by atoms with van der Waals surface area (Å²) in [6, 6.07) is 0. The van der Waals surface area contributed by atoms with Crippen molar-refractivity contribution in [3.63, 3.8) is 0 Å². The van der Waals surface area contributed by atoms with E-state index in [4.69, 9.17) is 4.74 Å². The average Bonchev–Trinajstić information content (AvgIpc) is 2.70. The molecule has 0 aromatic rings. The van der Waals surface area contributed by atoms with Crippen LogP contribution in [0.3, 0.4) is 0 Å². The maximum atomic E-state index is 11.6. The van der Waals surface area contributed by atoms with Gasteiger partial charge >= 0.3 is 11.9 Å². The molecule has 0 saturated carbocycles. The lowest BCUT2D eigenvalue weighted by Crippen LogP contribution is -2.19. The number of carboxylic acid groups (broad SMARTS) is 1. The van der Waals surface area contributed by atoms with Gasteiger partial charge < -0.3 is 9.84 Å². The summed E-state index contributed by atoms with van der Waals surface area (Å²) in [5, 5.41) is 9.26. The van der Waals surface area contributed by atoms with Crippen LogP contribution < -0.4 is 0 Å². The summed E-state index contributed by atoms with van der Waals surface area (Å²) in [5.41, 5.74) is 0. The molecule has 0 spiro atoms. The number of esters is 1. The number of hydrogen-bond acceptors (Lipinski definition) is 3. The van der Waals surface area contributed by atoms with Crippen LogP contribution in [0.25, 0.3) is 0 Å². The summed E-state index contributed by atoms with van der Waals surface area (Å²) in [5.74, 6) is -1.86. The van der Waals surface area contributed by atoms with E-state index in [9.17, 15) is 14.7 Å². The predicted octanol–water partition coefficient (Wildman–Crippen LogP) is 7.46. The number of allylic oxidation sites excluding steroid dienone is 2. The van der Waals surface area contributed by atoms with E-state index in [0.29, 0.717) is 13.0 Å². The van der Waals surface area contributed by atoms with Crippen molar-refractivity contribution < 1.29 is 19.4 Å². The van der Waals surface area contributed by atoms with Crippen molar-refractivity contribution in [3.8, 4) is 0 Å². The highest BCUT2D eigenvalue weighted by molar-refractivity contribution is 5.78. The molecule has 0 bridgehead atoms. The Morgan fingerprint density at radius 3 is 1.79 bits per heavy atom. The Bertz CT molecular complexity index is 417. The number of rotatable bonds is 21. The minimum absolute atomic E-state index is 0.00433. The molecular formula is C25H46O4.